The van der Waals surface area contributed by atoms with E-state index < -0.39 is 0 Å². The summed E-state index contributed by atoms with van der Waals surface area (Å²) in [5.41, 5.74) is 2.04. The van der Waals surface area contributed by atoms with Crippen LogP contribution in [0.5, 0.6) is 0 Å². The van der Waals surface area contributed by atoms with Crippen molar-refractivity contribution in [3.05, 3.63) is 29.5 Å². The Bertz CT molecular complexity index is 503. The number of rotatable bonds is 2. The number of imidazole rings is 1. The van der Waals surface area contributed by atoms with E-state index in [1.165, 1.54) is 0 Å². The SMILES string of the molecule is Clc1nc2ccccc2n1CC1CCCO1. The first kappa shape index (κ1) is 10.1. The number of nitrogens with zero attached hydrogens (tertiary/aromatic N) is 2. The highest BCUT2D eigenvalue weighted by Crippen LogP contribution is 2.22. The van der Waals surface area contributed by atoms with E-state index in [-0.39, 0.29) is 6.10 Å². The number of para-hydroxylation sites is 2. The lowest BCUT2D eigenvalue weighted by Crippen LogP contribution is -2.14. The molecular weight excluding hydrogens is 224 g/mol. The summed E-state index contributed by atoms with van der Waals surface area (Å²) in [5, 5.41) is 0.553. The third-order valence-corrected chi connectivity index (χ3v) is 3.31. The monoisotopic (exact) mass is 236 g/mol. The van der Waals surface area contributed by atoms with Crippen molar-refractivity contribution in [1.82, 2.24) is 9.55 Å². The Kier molecular flexibility index (Phi) is 2.58. The Balaban J connectivity index is 1.98. The summed E-state index contributed by atoms with van der Waals surface area (Å²) in [6, 6.07) is 8.00. The fourth-order valence-corrected chi connectivity index (χ4v) is 2.46. The van der Waals surface area contributed by atoms with Crippen molar-refractivity contribution in [3.63, 3.8) is 0 Å². The zero-order chi connectivity index (χ0) is 11.0. The van der Waals surface area contributed by atoms with Crippen LogP contribution in [0.3, 0.4) is 0 Å². The van der Waals surface area contributed by atoms with Gasteiger partial charge in [0.25, 0.3) is 0 Å². The van der Waals surface area contributed by atoms with Gasteiger partial charge >= 0.3 is 0 Å². The van der Waals surface area contributed by atoms with E-state index in [0.29, 0.717) is 5.28 Å². The summed E-state index contributed by atoms with van der Waals surface area (Å²) in [6.45, 7) is 1.67. The molecule has 3 rings (SSSR count). The van der Waals surface area contributed by atoms with Gasteiger partial charge in [-0.1, -0.05) is 12.1 Å². The van der Waals surface area contributed by atoms with Crippen LogP contribution in [-0.2, 0) is 11.3 Å². The van der Waals surface area contributed by atoms with Gasteiger partial charge in [0.05, 0.1) is 23.7 Å². The second-order valence-electron chi connectivity index (χ2n) is 4.12. The minimum atomic E-state index is 0.287. The van der Waals surface area contributed by atoms with Gasteiger partial charge in [0, 0.05) is 6.61 Å². The maximum atomic E-state index is 6.14. The van der Waals surface area contributed by atoms with Crippen LogP contribution in [0.25, 0.3) is 11.0 Å². The van der Waals surface area contributed by atoms with E-state index in [2.05, 4.69) is 4.98 Å². The first-order valence-electron chi connectivity index (χ1n) is 5.57. The summed E-state index contributed by atoms with van der Waals surface area (Å²) >= 11 is 6.14. The lowest BCUT2D eigenvalue weighted by molar-refractivity contribution is 0.0979. The highest BCUT2D eigenvalue weighted by molar-refractivity contribution is 6.29. The van der Waals surface area contributed by atoms with Crippen molar-refractivity contribution in [2.75, 3.05) is 6.61 Å². The number of hydrogen-bond acceptors (Lipinski definition) is 2. The van der Waals surface area contributed by atoms with Gasteiger partial charge in [0.15, 0.2) is 0 Å². The summed E-state index contributed by atoms with van der Waals surface area (Å²) in [7, 11) is 0. The number of halogens is 1. The van der Waals surface area contributed by atoms with Crippen LogP contribution in [0, 0.1) is 0 Å². The Morgan fingerprint density at radius 1 is 1.44 bits per heavy atom. The fourth-order valence-electron chi connectivity index (χ4n) is 2.21. The molecule has 2 aromatic rings. The number of hydrogen-bond donors (Lipinski definition) is 0. The van der Waals surface area contributed by atoms with Crippen LogP contribution in [0.1, 0.15) is 12.8 Å². The van der Waals surface area contributed by atoms with Crippen LogP contribution < -0.4 is 0 Å². The van der Waals surface area contributed by atoms with Gasteiger partial charge in [-0.2, -0.15) is 0 Å². The van der Waals surface area contributed by atoms with Gasteiger partial charge in [-0.25, -0.2) is 4.98 Å². The maximum absolute atomic E-state index is 6.14. The average Bonchev–Trinajstić information content (AvgIpc) is 2.89. The molecule has 0 spiro atoms. The predicted octanol–water partition coefficient (Wildman–Crippen LogP) is 2.87. The molecule has 0 amide bonds. The molecule has 1 aliphatic rings. The summed E-state index contributed by atoms with van der Waals surface area (Å²) < 4.78 is 7.66. The topological polar surface area (TPSA) is 27.1 Å². The second-order valence-corrected chi connectivity index (χ2v) is 4.45. The Hall–Kier alpha value is -1.06. The molecule has 0 N–H and O–H groups in total. The molecule has 1 saturated heterocycles. The standard InChI is InChI=1S/C12H13ClN2O/c13-12-14-10-5-1-2-6-11(10)15(12)8-9-4-3-7-16-9/h1-2,5-6,9H,3-4,7-8H2. The van der Waals surface area contributed by atoms with Gasteiger partial charge in [-0.15, -0.1) is 0 Å². The molecule has 1 aliphatic heterocycles. The molecule has 16 heavy (non-hydrogen) atoms. The Morgan fingerprint density at radius 3 is 3.12 bits per heavy atom. The summed E-state index contributed by atoms with van der Waals surface area (Å²) in [6.07, 6.45) is 2.55. The lowest BCUT2D eigenvalue weighted by atomic mass is 10.2. The number of ether oxygens (including phenoxy) is 1. The molecule has 0 saturated carbocycles. The maximum Gasteiger partial charge on any atom is 0.203 e. The predicted molar refractivity (Wildman–Crippen MR) is 63.7 cm³/mol. The van der Waals surface area contributed by atoms with Crippen LogP contribution in [0.4, 0.5) is 0 Å². The highest BCUT2D eigenvalue weighted by atomic mass is 35.5. The first-order chi connectivity index (χ1) is 7.84. The molecule has 3 nitrogen and oxygen atoms in total. The molecule has 1 fully saturated rings. The van der Waals surface area contributed by atoms with E-state index >= 15 is 0 Å². The summed E-state index contributed by atoms with van der Waals surface area (Å²) in [4.78, 5) is 4.33. The third kappa shape index (κ3) is 1.70. The molecular formula is C12H13ClN2O. The molecule has 1 aromatic heterocycles. The van der Waals surface area contributed by atoms with Gasteiger partial charge in [0.2, 0.25) is 5.28 Å². The Morgan fingerprint density at radius 2 is 2.31 bits per heavy atom. The minimum Gasteiger partial charge on any atom is -0.376 e. The molecule has 1 unspecified atom stereocenters. The average molecular weight is 237 g/mol. The van der Waals surface area contributed by atoms with Crippen molar-refractivity contribution < 1.29 is 4.74 Å². The second kappa shape index (κ2) is 4.07. The first-order valence-corrected chi connectivity index (χ1v) is 5.95. The molecule has 0 aliphatic carbocycles. The smallest absolute Gasteiger partial charge is 0.203 e. The lowest BCUT2D eigenvalue weighted by Gasteiger charge is -2.11. The van der Waals surface area contributed by atoms with Gasteiger partial charge in [0.1, 0.15) is 0 Å². The minimum absolute atomic E-state index is 0.287. The number of aromatic nitrogens is 2. The molecule has 1 atom stereocenters. The van der Waals surface area contributed by atoms with Crippen molar-refractivity contribution in [2.45, 2.75) is 25.5 Å². The van der Waals surface area contributed by atoms with Crippen molar-refractivity contribution in [2.24, 2.45) is 0 Å². The molecule has 0 bridgehead atoms. The van der Waals surface area contributed by atoms with Crippen LogP contribution in [-0.4, -0.2) is 22.3 Å². The summed E-state index contributed by atoms with van der Waals surface area (Å²) in [5.74, 6) is 0. The van der Waals surface area contributed by atoms with E-state index in [1.54, 1.807) is 0 Å². The van der Waals surface area contributed by atoms with E-state index in [1.807, 2.05) is 28.8 Å². The van der Waals surface area contributed by atoms with Crippen LogP contribution >= 0.6 is 11.6 Å². The highest BCUT2D eigenvalue weighted by Gasteiger charge is 2.18. The zero-order valence-electron chi connectivity index (χ0n) is 8.90. The molecule has 0 radical (unpaired) electrons. The van der Waals surface area contributed by atoms with Crippen molar-refractivity contribution in [1.29, 1.82) is 0 Å². The molecule has 2 heterocycles. The van der Waals surface area contributed by atoms with E-state index in [0.717, 1.165) is 37.0 Å². The van der Waals surface area contributed by atoms with E-state index in [4.69, 9.17) is 16.3 Å². The molecule has 84 valence electrons. The van der Waals surface area contributed by atoms with Gasteiger partial charge in [-0.3, -0.25) is 0 Å². The normalized spacial score (nSPS) is 20.7. The van der Waals surface area contributed by atoms with Crippen LogP contribution in [0.15, 0.2) is 24.3 Å². The molecule has 1 aromatic carbocycles. The van der Waals surface area contributed by atoms with E-state index in [9.17, 15) is 0 Å². The largest absolute Gasteiger partial charge is 0.376 e. The Labute approximate surface area is 99.0 Å². The van der Waals surface area contributed by atoms with Gasteiger partial charge < -0.3 is 9.30 Å². The van der Waals surface area contributed by atoms with Gasteiger partial charge in [-0.05, 0) is 36.6 Å². The third-order valence-electron chi connectivity index (χ3n) is 3.02. The fraction of sp³-hybridized carbons (Fsp3) is 0.417. The van der Waals surface area contributed by atoms with Crippen LogP contribution in [0.2, 0.25) is 5.28 Å². The van der Waals surface area contributed by atoms with Crippen molar-refractivity contribution >= 4 is 22.6 Å². The van der Waals surface area contributed by atoms with Crippen molar-refractivity contribution in [3.8, 4) is 0 Å². The number of benzene rings is 1. The number of fused-ring (bicyclic) bond motifs is 1. The molecule has 4 heteroatoms. The quantitative estimate of drug-likeness (QED) is 0.802. The zero-order valence-corrected chi connectivity index (χ0v) is 9.65.